The molecule has 106 valence electrons. The lowest BCUT2D eigenvalue weighted by Crippen LogP contribution is -2.37. The molecule has 1 unspecified atom stereocenters. The van der Waals surface area contributed by atoms with Gasteiger partial charge in [0.05, 0.1) is 16.4 Å². The van der Waals surface area contributed by atoms with Crippen LogP contribution in [0.15, 0.2) is 0 Å². The Morgan fingerprint density at radius 1 is 1.68 bits per heavy atom. The Balaban J connectivity index is 2.61. The molecule has 0 spiro atoms. The van der Waals surface area contributed by atoms with E-state index in [0.717, 1.165) is 11.4 Å². The molecule has 0 aliphatic rings. The Labute approximate surface area is 120 Å². The second-order valence-corrected chi connectivity index (χ2v) is 5.26. The molecule has 0 bridgehead atoms. The van der Waals surface area contributed by atoms with Crippen molar-refractivity contribution in [2.75, 3.05) is 5.75 Å². The number of hydrogen-bond donors (Lipinski definition) is 2. The van der Waals surface area contributed by atoms with Crippen LogP contribution in [0.25, 0.3) is 0 Å². The van der Waals surface area contributed by atoms with Crippen LogP contribution in [0.4, 0.5) is 0 Å². The summed E-state index contributed by atoms with van der Waals surface area (Å²) in [5, 5.41) is 16.0. The van der Waals surface area contributed by atoms with E-state index < -0.39 is 12.0 Å². The molecule has 1 aromatic heterocycles. The Morgan fingerprint density at radius 2 is 2.37 bits per heavy atom. The SMILES string of the molecule is CCn1nc(C)c(Cl)c1CSCC(NC=O)C(=O)O. The number of aryl methyl sites for hydroxylation is 2. The highest BCUT2D eigenvalue weighted by molar-refractivity contribution is 7.98. The van der Waals surface area contributed by atoms with Crippen molar-refractivity contribution in [2.24, 2.45) is 0 Å². The fraction of sp³-hybridized carbons (Fsp3) is 0.545. The molecule has 0 saturated heterocycles. The first-order valence-electron chi connectivity index (χ1n) is 5.73. The molecule has 1 amide bonds. The van der Waals surface area contributed by atoms with Gasteiger partial charge in [-0.3, -0.25) is 9.48 Å². The molecule has 1 heterocycles. The van der Waals surface area contributed by atoms with Crippen LogP contribution in [0.3, 0.4) is 0 Å². The van der Waals surface area contributed by atoms with Gasteiger partial charge < -0.3 is 10.4 Å². The second-order valence-electron chi connectivity index (χ2n) is 3.85. The number of carbonyl (C=O) groups excluding carboxylic acids is 1. The predicted molar refractivity (Wildman–Crippen MR) is 74.4 cm³/mol. The van der Waals surface area contributed by atoms with Gasteiger partial charge in [-0.25, -0.2) is 4.79 Å². The Kier molecular flexibility index (Phi) is 6.17. The fourth-order valence-corrected chi connectivity index (χ4v) is 2.91. The molecule has 1 aromatic rings. The van der Waals surface area contributed by atoms with Crippen molar-refractivity contribution in [3.63, 3.8) is 0 Å². The van der Waals surface area contributed by atoms with E-state index in [1.165, 1.54) is 11.8 Å². The third-order valence-corrected chi connectivity index (χ3v) is 4.08. The first-order valence-corrected chi connectivity index (χ1v) is 7.26. The molecule has 1 atom stereocenters. The number of nitrogens with zero attached hydrogens (tertiary/aromatic N) is 2. The van der Waals surface area contributed by atoms with Crippen LogP contribution in [0.2, 0.25) is 5.02 Å². The Hall–Kier alpha value is -1.21. The van der Waals surface area contributed by atoms with Gasteiger partial charge in [0, 0.05) is 18.1 Å². The van der Waals surface area contributed by atoms with E-state index in [-0.39, 0.29) is 5.75 Å². The molecule has 2 N–H and O–H groups in total. The average Bonchev–Trinajstić information content (AvgIpc) is 2.64. The van der Waals surface area contributed by atoms with Crippen molar-refractivity contribution in [3.8, 4) is 0 Å². The quantitative estimate of drug-likeness (QED) is 0.707. The molecule has 0 aliphatic heterocycles. The summed E-state index contributed by atoms with van der Waals surface area (Å²) in [7, 11) is 0. The van der Waals surface area contributed by atoms with E-state index in [9.17, 15) is 9.59 Å². The molecule has 0 saturated carbocycles. The first kappa shape index (κ1) is 15.8. The summed E-state index contributed by atoms with van der Waals surface area (Å²) in [5.41, 5.74) is 1.64. The minimum absolute atomic E-state index is 0.276. The van der Waals surface area contributed by atoms with Gasteiger partial charge in [0.1, 0.15) is 6.04 Å². The molecule has 0 aromatic carbocycles. The largest absolute Gasteiger partial charge is 0.480 e. The number of rotatable bonds is 8. The highest BCUT2D eigenvalue weighted by Gasteiger charge is 2.18. The van der Waals surface area contributed by atoms with Gasteiger partial charge in [-0.1, -0.05) is 11.6 Å². The van der Waals surface area contributed by atoms with Gasteiger partial charge in [-0.05, 0) is 13.8 Å². The molecule has 0 aliphatic carbocycles. The molecule has 0 radical (unpaired) electrons. The van der Waals surface area contributed by atoms with E-state index in [4.69, 9.17) is 16.7 Å². The van der Waals surface area contributed by atoms with Crippen LogP contribution in [-0.4, -0.2) is 39.1 Å². The number of aromatic nitrogens is 2. The number of amides is 1. The lowest BCUT2D eigenvalue weighted by Gasteiger charge is -2.11. The van der Waals surface area contributed by atoms with Crippen LogP contribution < -0.4 is 5.32 Å². The highest BCUT2D eigenvalue weighted by atomic mass is 35.5. The van der Waals surface area contributed by atoms with Crippen LogP contribution >= 0.6 is 23.4 Å². The third-order valence-electron chi connectivity index (χ3n) is 2.54. The van der Waals surface area contributed by atoms with Gasteiger partial charge >= 0.3 is 5.97 Å². The summed E-state index contributed by atoms with van der Waals surface area (Å²) in [6.07, 6.45) is 0.396. The summed E-state index contributed by atoms with van der Waals surface area (Å²) < 4.78 is 1.80. The zero-order valence-corrected chi connectivity index (χ0v) is 12.3. The van der Waals surface area contributed by atoms with Gasteiger partial charge in [-0.15, -0.1) is 0 Å². The third kappa shape index (κ3) is 4.14. The number of carbonyl (C=O) groups is 2. The average molecular weight is 306 g/mol. The lowest BCUT2D eigenvalue weighted by atomic mass is 10.3. The molecular formula is C11H16ClN3O3S. The Morgan fingerprint density at radius 3 is 2.89 bits per heavy atom. The maximum atomic E-state index is 10.8. The molecular weight excluding hydrogens is 290 g/mol. The minimum Gasteiger partial charge on any atom is -0.480 e. The molecule has 0 fully saturated rings. The van der Waals surface area contributed by atoms with E-state index in [0.29, 0.717) is 23.7 Å². The van der Waals surface area contributed by atoms with Gasteiger partial charge in [-0.2, -0.15) is 16.9 Å². The maximum Gasteiger partial charge on any atom is 0.327 e. The standard InChI is InChI=1S/C11H16ClN3O3S/c1-3-15-9(10(12)7(2)14-15)5-19-4-8(11(17)18)13-6-16/h6,8H,3-5H2,1-2H3,(H,13,16)(H,17,18). The summed E-state index contributed by atoms with van der Waals surface area (Å²) in [5.74, 6) is -0.221. The highest BCUT2D eigenvalue weighted by Crippen LogP contribution is 2.24. The number of carboxylic acids is 1. The Bertz CT molecular complexity index is 464. The van der Waals surface area contributed by atoms with Crippen molar-refractivity contribution in [1.29, 1.82) is 0 Å². The van der Waals surface area contributed by atoms with Gasteiger partial charge in [0.25, 0.3) is 0 Å². The van der Waals surface area contributed by atoms with Crippen LogP contribution in [-0.2, 0) is 21.9 Å². The number of nitrogens with one attached hydrogen (secondary N) is 1. The van der Waals surface area contributed by atoms with Crippen molar-refractivity contribution in [1.82, 2.24) is 15.1 Å². The van der Waals surface area contributed by atoms with Gasteiger partial charge in [0.15, 0.2) is 0 Å². The number of carboxylic acid groups (broad SMARTS) is 1. The number of aliphatic carboxylic acids is 1. The van der Waals surface area contributed by atoms with E-state index in [1.807, 2.05) is 13.8 Å². The van der Waals surface area contributed by atoms with Crippen LogP contribution in [0.1, 0.15) is 18.3 Å². The van der Waals surface area contributed by atoms with Crippen molar-refractivity contribution in [2.45, 2.75) is 32.2 Å². The zero-order valence-electron chi connectivity index (χ0n) is 10.7. The smallest absolute Gasteiger partial charge is 0.327 e. The fourth-order valence-electron chi connectivity index (χ4n) is 1.55. The maximum absolute atomic E-state index is 10.8. The van der Waals surface area contributed by atoms with Crippen LogP contribution in [0, 0.1) is 6.92 Å². The number of thioether (sulfide) groups is 1. The molecule has 19 heavy (non-hydrogen) atoms. The van der Waals surface area contributed by atoms with E-state index in [2.05, 4.69) is 10.4 Å². The minimum atomic E-state index is -1.05. The van der Waals surface area contributed by atoms with Crippen molar-refractivity contribution >= 4 is 35.7 Å². The van der Waals surface area contributed by atoms with Gasteiger partial charge in [0.2, 0.25) is 6.41 Å². The number of hydrogen-bond acceptors (Lipinski definition) is 4. The normalized spacial score (nSPS) is 12.2. The first-order chi connectivity index (χ1) is 9.01. The summed E-state index contributed by atoms with van der Waals surface area (Å²) in [6.45, 7) is 4.50. The van der Waals surface area contributed by atoms with Crippen molar-refractivity contribution in [3.05, 3.63) is 16.4 Å². The number of halogens is 1. The molecule has 1 rings (SSSR count). The predicted octanol–water partition coefficient (Wildman–Crippen LogP) is 1.30. The topological polar surface area (TPSA) is 84.2 Å². The lowest BCUT2D eigenvalue weighted by molar-refractivity contribution is -0.139. The zero-order chi connectivity index (χ0) is 14.4. The monoisotopic (exact) mass is 305 g/mol. The summed E-state index contributed by atoms with van der Waals surface area (Å²) in [4.78, 5) is 21.1. The van der Waals surface area contributed by atoms with E-state index in [1.54, 1.807) is 4.68 Å². The summed E-state index contributed by atoms with van der Waals surface area (Å²) in [6, 6.07) is -0.889. The molecule has 8 heteroatoms. The van der Waals surface area contributed by atoms with Crippen LogP contribution in [0.5, 0.6) is 0 Å². The second kappa shape index (κ2) is 7.40. The molecule has 6 nitrogen and oxygen atoms in total. The van der Waals surface area contributed by atoms with Crippen molar-refractivity contribution < 1.29 is 14.7 Å². The van der Waals surface area contributed by atoms with E-state index >= 15 is 0 Å². The summed E-state index contributed by atoms with van der Waals surface area (Å²) >= 11 is 7.54.